The van der Waals surface area contributed by atoms with Gasteiger partial charge >= 0.3 is 12.7 Å². The quantitative estimate of drug-likeness (QED) is 0.730. The molecule has 0 bridgehead atoms. The maximum atomic E-state index is 12.1. The number of para-hydroxylation sites is 1. The Balaban J connectivity index is 2.15. The number of ether oxygens (including phenoxy) is 2. The van der Waals surface area contributed by atoms with Crippen molar-refractivity contribution in [3.05, 3.63) is 57.6 Å². The van der Waals surface area contributed by atoms with Gasteiger partial charge in [-0.25, -0.2) is 4.79 Å². The Morgan fingerprint density at radius 2 is 2.00 bits per heavy atom. The van der Waals surface area contributed by atoms with Crippen LogP contribution in [0.15, 0.2) is 40.9 Å². The summed E-state index contributed by atoms with van der Waals surface area (Å²) in [5.74, 6) is 0.710. The molecule has 4 nitrogen and oxygen atoms in total. The largest absolute Gasteiger partial charge is 0.489 e. The zero-order chi connectivity index (χ0) is 17.7. The molecule has 0 aliphatic rings. The SMILES string of the molecule is Cc1ccc(OCc2cccc(Br)c2NC(=O)OC(F)F)c(C)c1. The highest BCUT2D eigenvalue weighted by molar-refractivity contribution is 9.10. The summed E-state index contributed by atoms with van der Waals surface area (Å²) >= 11 is 3.28. The molecule has 0 saturated carbocycles. The van der Waals surface area contributed by atoms with E-state index >= 15 is 0 Å². The van der Waals surface area contributed by atoms with E-state index in [2.05, 4.69) is 26.0 Å². The molecule has 0 radical (unpaired) electrons. The maximum Gasteiger partial charge on any atom is 0.416 e. The maximum absolute atomic E-state index is 12.1. The van der Waals surface area contributed by atoms with E-state index < -0.39 is 12.7 Å². The Morgan fingerprint density at radius 3 is 2.67 bits per heavy atom. The minimum atomic E-state index is -3.18. The summed E-state index contributed by atoms with van der Waals surface area (Å²) in [6.45, 7) is 0.903. The second-order valence-electron chi connectivity index (χ2n) is 5.12. The predicted molar refractivity (Wildman–Crippen MR) is 90.5 cm³/mol. The minimum Gasteiger partial charge on any atom is -0.489 e. The fraction of sp³-hybridized carbons (Fsp3) is 0.235. The van der Waals surface area contributed by atoms with Crippen molar-refractivity contribution < 1.29 is 23.0 Å². The number of carbonyl (C=O) groups excluding carboxylic acids is 1. The van der Waals surface area contributed by atoms with E-state index in [1.54, 1.807) is 18.2 Å². The fourth-order valence-corrected chi connectivity index (χ4v) is 2.66. The first-order chi connectivity index (χ1) is 11.4. The number of benzene rings is 2. The first-order valence-corrected chi connectivity index (χ1v) is 7.89. The summed E-state index contributed by atoms with van der Waals surface area (Å²) in [4.78, 5) is 11.4. The highest BCUT2D eigenvalue weighted by atomic mass is 79.9. The third kappa shape index (κ3) is 4.92. The number of nitrogens with one attached hydrogen (secondary N) is 1. The van der Waals surface area contributed by atoms with Crippen LogP contribution in [0.1, 0.15) is 16.7 Å². The molecule has 0 fully saturated rings. The number of alkyl halides is 2. The van der Waals surface area contributed by atoms with Gasteiger partial charge in [-0.05, 0) is 47.5 Å². The van der Waals surface area contributed by atoms with E-state index in [0.717, 1.165) is 11.1 Å². The van der Waals surface area contributed by atoms with E-state index in [1.165, 1.54) is 0 Å². The predicted octanol–water partition coefficient (Wildman–Crippen LogP) is 5.42. The Hall–Kier alpha value is -2.15. The molecule has 0 saturated heterocycles. The molecule has 0 spiro atoms. The average Bonchev–Trinajstić information content (AvgIpc) is 2.48. The standard InChI is InChI=1S/C17H16BrF2NO3/c1-10-6-7-14(11(2)8-10)23-9-12-4-3-5-13(18)15(12)21-17(22)24-16(19)20/h3-8,16H,9H2,1-2H3,(H,21,22). The molecule has 1 amide bonds. The number of rotatable bonds is 5. The third-order valence-corrected chi connectivity index (χ3v) is 3.90. The molecule has 24 heavy (non-hydrogen) atoms. The van der Waals surface area contributed by atoms with Gasteiger partial charge in [0.1, 0.15) is 12.4 Å². The van der Waals surface area contributed by atoms with Crippen molar-refractivity contribution >= 4 is 27.7 Å². The monoisotopic (exact) mass is 399 g/mol. The number of hydrogen-bond acceptors (Lipinski definition) is 3. The Morgan fingerprint density at radius 1 is 1.25 bits per heavy atom. The number of aryl methyl sites for hydroxylation is 2. The van der Waals surface area contributed by atoms with Gasteiger partial charge in [0.2, 0.25) is 0 Å². The molecule has 2 aromatic rings. The summed E-state index contributed by atoms with van der Waals surface area (Å²) in [7, 11) is 0. The van der Waals surface area contributed by atoms with E-state index in [9.17, 15) is 13.6 Å². The van der Waals surface area contributed by atoms with Gasteiger partial charge in [-0.2, -0.15) is 8.78 Å². The van der Waals surface area contributed by atoms with Crippen LogP contribution in [0.4, 0.5) is 19.3 Å². The lowest BCUT2D eigenvalue weighted by Gasteiger charge is -2.15. The van der Waals surface area contributed by atoms with Crippen molar-refractivity contribution in [2.75, 3.05) is 5.32 Å². The van der Waals surface area contributed by atoms with E-state index in [4.69, 9.17) is 4.74 Å². The molecule has 1 N–H and O–H groups in total. The highest BCUT2D eigenvalue weighted by Crippen LogP contribution is 2.28. The minimum absolute atomic E-state index is 0.160. The average molecular weight is 400 g/mol. The van der Waals surface area contributed by atoms with Gasteiger partial charge in [0.05, 0.1) is 5.69 Å². The number of carbonyl (C=O) groups is 1. The number of anilines is 1. The van der Waals surface area contributed by atoms with Gasteiger partial charge in [0.15, 0.2) is 0 Å². The van der Waals surface area contributed by atoms with Crippen LogP contribution < -0.4 is 10.1 Å². The first-order valence-electron chi connectivity index (χ1n) is 7.10. The number of amides is 1. The van der Waals surface area contributed by atoms with Crippen molar-refractivity contribution in [3.8, 4) is 5.75 Å². The fourth-order valence-electron chi connectivity index (χ4n) is 2.16. The molecule has 0 heterocycles. The molecular weight excluding hydrogens is 384 g/mol. The smallest absolute Gasteiger partial charge is 0.416 e. The van der Waals surface area contributed by atoms with Crippen molar-refractivity contribution in [2.45, 2.75) is 27.1 Å². The lowest BCUT2D eigenvalue weighted by atomic mass is 10.1. The van der Waals surface area contributed by atoms with Crippen molar-refractivity contribution in [3.63, 3.8) is 0 Å². The van der Waals surface area contributed by atoms with Gasteiger partial charge in [0, 0.05) is 10.0 Å². The summed E-state index contributed by atoms with van der Waals surface area (Å²) in [6, 6.07) is 11.0. The highest BCUT2D eigenvalue weighted by Gasteiger charge is 2.15. The van der Waals surface area contributed by atoms with Crippen LogP contribution >= 0.6 is 15.9 Å². The van der Waals surface area contributed by atoms with Crippen molar-refractivity contribution in [2.24, 2.45) is 0 Å². The Kier molecular flexibility index (Phi) is 6.14. The first kappa shape index (κ1) is 18.2. The third-order valence-electron chi connectivity index (χ3n) is 3.24. The lowest BCUT2D eigenvalue weighted by molar-refractivity contribution is -0.0766. The molecule has 0 unspecified atom stereocenters. The molecule has 7 heteroatoms. The van der Waals surface area contributed by atoms with Gasteiger partial charge in [-0.1, -0.05) is 29.8 Å². The van der Waals surface area contributed by atoms with Crippen LogP contribution in [0, 0.1) is 13.8 Å². The van der Waals surface area contributed by atoms with Crippen LogP contribution in [0.5, 0.6) is 5.75 Å². The zero-order valence-electron chi connectivity index (χ0n) is 13.1. The Labute approximate surface area is 146 Å². The van der Waals surface area contributed by atoms with Crippen molar-refractivity contribution in [1.82, 2.24) is 0 Å². The Bertz CT molecular complexity index is 738. The van der Waals surface area contributed by atoms with Crippen LogP contribution in [-0.4, -0.2) is 12.7 Å². The number of halogens is 3. The second kappa shape index (κ2) is 8.10. The number of hydrogen-bond donors (Lipinski definition) is 1. The van der Waals surface area contributed by atoms with Crippen molar-refractivity contribution in [1.29, 1.82) is 0 Å². The van der Waals surface area contributed by atoms with Gasteiger partial charge < -0.3 is 9.47 Å². The topological polar surface area (TPSA) is 47.6 Å². The van der Waals surface area contributed by atoms with E-state index in [1.807, 2.05) is 32.0 Å². The van der Waals surface area contributed by atoms with Crippen LogP contribution in [0.3, 0.4) is 0 Å². The molecular formula is C17H16BrF2NO3. The summed E-state index contributed by atoms with van der Waals surface area (Å²) in [5, 5.41) is 2.30. The van der Waals surface area contributed by atoms with Gasteiger partial charge in [-0.3, -0.25) is 5.32 Å². The summed E-state index contributed by atoms with van der Waals surface area (Å²) < 4.78 is 34.4. The molecule has 128 valence electrons. The lowest BCUT2D eigenvalue weighted by Crippen LogP contribution is -2.18. The molecule has 0 atom stereocenters. The van der Waals surface area contributed by atoms with Gasteiger partial charge in [-0.15, -0.1) is 0 Å². The van der Waals surface area contributed by atoms with E-state index in [0.29, 0.717) is 21.5 Å². The molecule has 0 aliphatic carbocycles. The van der Waals surface area contributed by atoms with Gasteiger partial charge in [0.25, 0.3) is 0 Å². The van der Waals surface area contributed by atoms with E-state index in [-0.39, 0.29) is 6.61 Å². The van der Waals surface area contributed by atoms with Crippen LogP contribution in [0.2, 0.25) is 0 Å². The zero-order valence-corrected chi connectivity index (χ0v) is 14.7. The molecule has 0 aromatic heterocycles. The molecule has 2 rings (SSSR count). The second-order valence-corrected chi connectivity index (χ2v) is 5.98. The molecule has 0 aliphatic heterocycles. The molecule has 2 aromatic carbocycles. The normalized spacial score (nSPS) is 10.6. The summed E-state index contributed by atoms with van der Waals surface area (Å²) in [6.07, 6.45) is -1.23. The van der Waals surface area contributed by atoms with Crippen LogP contribution in [-0.2, 0) is 11.3 Å². The summed E-state index contributed by atoms with van der Waals surface area (Å²) in [5.41, 5.74) is 3.06. The van der Waals surface area contributed by atoms with Crippen LogP contribution in [0.25, 0.3) is 0 Å².